The van der Waals surface area contributed by atoms with E-state index >= 15 is 0 Å². The Hall–Kier alpha value is -2.32. The topological polar surface area (TPSA) is 72.4 Å². The highest BCUT2D eigenvalue weighted by atomic mass is 32.1. The number of methoxy groups -OCH3 is 1. The molecule has 7 nitrogen and oxygen atoms in total. The number of hydrogen-bond donors (Lipinski definition) is 3. The van der Waals surface area contributed by atoms with Crippen LogP contribution < -0.4 is 25.4 Å². The highest BCUT2D eigenvalue weighted by Crippen LogP contribution is 2.31. The minimum Gasteiger partial charge on any atom is -0.493 e. The van der Waals surface area contributed by atoms with Crippen LogP contribution in [-0.2, 0) is 6.54 Å². The van der Waals surface area contributed by atoms with Crippen molar-refractivity contribution in [3.63, 3.8) is 0 Å². The van der Waals surface area contributed by atoms with Gasteiger partial charge in [-0.05, 0) is 76.0 Å². The van der Waals surface area contributed by atoms with Crippen LogP contribution >= 0.6 is 12.2 Å². The van der Waals surface area contributed by atoms with Crippen LogP contribution in [0.1, 0.15) is 31.4 Å². The summed E-state index contributed by atoms with van der Waals surface area (Å²) in [5.41, 5.74) is 2.05. The van der Waals surface area contributed by atoms with Gasteiger partial charge in [0.1, 0.15) is 0 Å². The molecule has 2 aromatic rings. The number of aromatic nitrogens is 2. The van der Waals surface area contributed by atoms with Crippen LogP contribution in [0.2, 0.25) is 0 Å². The van der Waals surface area contributed by atoms with E-state index in [1.807, 2.05) is 30.7 Å². The van der Waals surface area contributed by atoms with Gasteiger partial charge in [0.25, 0.3) is 0 Å². The molecule has 0 atom stereocenters. The molecule has 0 spiro atoms. The lowest BCUT2D eigenvalue weighted by molar-refractivity contribution is 0.243. The van der Waals surface area contributed by atoms with Gasteiger partial charge < -0.3 is 30.0 Å². The lowest BCUT2D eigenvalue weighted by atomic mass is 9.95. The normalized spacial score (nSPS) is 14.3. The molecule has 1 aromatic carbocycles. The molecule has 0 amide bonds. The molecule has 0 unspecified atom stereocenters. The molecule has 1 aliphatic heterocycles. The first-order valence-corrected chi connectivity index (χ1v) is 11.1. The highest BCUT2D eigenvalue weighted by Gasteiger charge is 2.14. The Kier molecular flexibility index (Phi) is 8.77. The second kappa shape index (κ2) is 11.8. The quantitative estimate of drug-likeness (QED) is 0.394. The van der Waals surface area contributed by atoms with Crippen LogP contribution in [0.4, 0.5) is 5.69 Å². The fourth-order valence-corrected chi connectivity index (χ4v) is 3.84. The molecule has 0 bridgehead atoms. The number of thiocarbonyl (C=S) groups is 1. The lowest BCUT2D eigenvalue weighted by Crippen LogP contribution is -2.29. The molecule has 1 fully saturated rings. The van der Waals surface area contributed by atoms with E-state index in [4.69, 9.17) is 21.7 Å². The molecular weight excluding hydrogens is 398 g/mol. The second-order valence-electron chi connectivity index (χ2n) is 7.66. The number of ether oxygens (including phenoxy) is 2. The molecular formula is C22H33N5O2S. The number of piperidine rings is 1. The largest absolute Gasteiger partial charge is 0.493 e. The number of nitrogens with zero attached hydrogens (tertiary/aromatic N) is 2. The van der Waals surface area contributed by atoms with Crippen LogP contribution in [0.3, 0.4) is 0 Å². The van der Waals surface area contributed by atoms with Crippen LogP contribution in [0, 0.1) is 12.8 Å². The molecule has 0 radical (unpaired) electrons. The zero-order chi connectivity index (χ0) is 21.2. The summed E-state index contributed by atoms with van der Waals surface area (Å²) in [6, 6.07) is 5.80. The van der Waals surface area contributed by atoms with Gasteiger partial charge in [-0.2, -0.15) is 0 Å². The third-order valence-corrected chi connectivity index (χ3v) is 5.69. The van der Waals surface area contributed by atoms with E-state index in [0.717, 1.165) is 62.1 Å². The fraction of sp³-hybridized carbons (Fsp3) is 0.545. The number of rotatable bonds is 10. The molecule has 0 aliphatic carbocycles. The summed E-state index contributed by atoms with van der Waals surface area (Å²) in [6.07, 6.45) is 8.21. The number of aryl methyl sites for hydroxylation is 2. The van der Waals surface area contributed by atoms with Gasteiger partial charge >= 0.3 is 0 Å². The van der Waals surface area contributed by atoms with Crippen molar-refractivity contribution in [1.29, 1.82) is 0 Å². The first-order valence-electron chi connectivity index (χ1n) is 10.7. The second-order valence-corrected chi connectivity index (χ2v) is 8.07. The molecule has 1 aliphatic rings. The molecule has 8 heteroatoms. The number of anilines is 1. The van der Waals surface area contributed by atoms with Gasteiger partial charge in [-0.25, -0.2) is 4.98 Å². The average Bonchev–Trinajstić information content (AvgIpc) is 3.17. The van der Waals surface area contributed by atoms with Crippen molar-refractivity contribution in [2.24, 2.45) is 5.92 Å². The highest BCUT2D eigenvalue weighted by molar-refractivity contribution is 7.80. The molecule has 1 aromatic heterocycles. The lowest BCUT2D eigenvalue weighted by Gasteiger charge is -2.22. The standard InChI is InChI=1S/C22H33N5O2S/c1-17-15-24-16-27(17)12-3-9-25-22(30)26-19-4-5-20(28-2)21(14-19)29-13-8-18-6-10-23-11-7-18/h4-5,14-16,18,23H,3,6-13H2,1-2H3,(H2,25,26,30). The maximum Gasteiger partial charge on any atom is 0.170 e. The van der Waals surface area contributed by atoms with E-state index in [-0.39, 0.29) is 0 Å². The summed E-state index contributed by atoms with van der Waals surface area (Å²) in [7, 11) is 1.66. The monoisotopic (exact) mass is 431 g/mol. The predicted molar refractivity (Wildman–Crippen MR) is 125 cm³/mol. The molecule has 3 rings (SSSR count). The minimum atomic E-state index is 0.600. The SMILES string of the molecule is COc1ccc(NC(=S)NCCCn2cncc2C)cc1OCCC1CCNCC1. The zero-order valence-corrected chi connectivity index (χ0v) is 18.8. The Morgan fingerprint density at radius 1 is 1.30 bits per heavy atom. The van der Waals surface area contributed by atoms with Gasteiger partial charge in [0, 0.05) is 36.7 Å². The van der Waals surface area contributed by atoms with Crippen molar-refractivity contribution in [2.75, 3.05) is 38.7 Å². The predicted octanol–water partition coefficient (Wildman–Crippen LogP) is 3.35. The summed E-state index contributed by atoms with van der Waals surface area (Å²) in [6.45, 7) is 6.68. The van der Waals surface area contributed by atoms with E-state index in [2.05, 4.69) is 32.4 Å². The Morgan fingerprint density at radius 3 is 2.87 bits per heavy atom. The molecule has 30 heavy (non-hydrogen) atoms. The third kappa shape index (κ3) is 6.88. The average molecular weight is 432 g/mol. The van der Waals surface area contributed by atoms with Gasteiger partial charge in [-0.15, -0.1) is 0 Å². The summed E-state index contributed by atoms with van der Waals surface area (Å²) in [5, 5.41) is 10.5. The van der Waals surface area contributed by atoms with E-state index in [0.29, 0.717) is 11.7 Å². The number of nitrogens with one attached hydrogen (secondary N) is 3. The van der Waals surface area contributed by atoms with Crippen LogP contribution in [0.15, 0.2) is 30.7 Å². The van der Waals surface area contributed by atoms with Crippen molar-refractivity contribution < 1.29 is 9.47 Å². The summed E-state index contributed by atoms with van der Waals surface area (Å²) in [5.74, 6) is 2.22. The van der Waals surface area contributed by atoms with Crippen molar-refractivity contribution in [1.82, 2.24) is 20.2 Å². The van der Waals surface area contributed by atoms with Crippen molar-refractivity contribution in [3.05, 3.63) is 36.4 Å². The van der Waals surface area contributed by atoms with Crippen LogP contribution in [-0.4, -0.2) is 48.0 Å². The summed E-state index contributed by atoms with van der Waals surface area (Å²) >= 11 is 5.43. The minimum absolute atomic E-state index is 0.600. The molecule has 1 saturated heterocycles. The molecule has 2 heterocycles. The summed E-state index contributed by atoms with van der Waals surface area (Å²) in [4.78, 5) is 4.14. The molecule has 0 saturated carbocycles. The maximum atomic E-state index is 6.05. The number of imidazole rings is 1. The maximum absolute atomic E-state index is 6.05. The van der Waals surface area contributed by atoms with E-state index in [9.17, 15) is 0 Å². The molecule has 164 valence electrons. The zero-order valence-electron chi connectivity index (χ0n) is 17.9. The fourth-order valence-electron chi connectivity index (χ4n) is 3.62. The van der Waals surface area contributed by atoms with Crippen LogP contribution in [0.5, 0.6) is 11.5 Å². The number of benzene rings is 1. The van der Waals surface area contributed by atoms with Gasteiger partial charge in [0.05, 0.1) is 20.0 Å². The third-order valence-electron chi connectivity index (χ3n) is 5.45. The van der Waals surface area contributed by atoms with Crippen molar-refractivity contribution in [2.45, 2.75) is 39.2 Å². The first-order chi connectivity index (χ1) is 14.7. The van der Waals surface area contributed by atoms with E-state index in [1.165, 1.54) is 18.5 Å². The number of hydrogen-bond acceptors (Lipinski definition) is 5. The smallest absolute Gasteiger partial charge is 0.170 e. The molecule has 3 N–H and O–H groups in total. The van der Waals surface area contributed by atoms with E-state index in [1.54, 1.807) is 7.11 Å². The Labute approximate surface area is 184 Å². The van der Waals surface area contributed by atoms with Crippen molar-refractivity contribution >= 4 is 23.0 Å². The van der Waals surface area contributed by atoms with Gasteiger partial charge in [-0.1, -0.05) is 0 Å². The first kappa shape index (κ1) is 22.4. The van der Waals surface area contributed by atoms with Gasteiger partial charge in [-0.3, -0.25) is 0 Å². The van der Waals surface area contributed by atoms with Crippen molar-refractivity contribution in [3.8, 4) is 11.5 Å². The van der Waals surface area contributed by atoms with Gasteiger partial charge in [0.15, 0.2) is 16.6 Å². The Bertz CT molecular complexity index is 805. The van der Waals surface area contributed by atoms with Gasteiger partial charge in [0.2, 0.25) is 0 Å². The van der Waals surface area contributed by atoms with E-state index < -0.39 is 0 Å². The summed E-state index contributed by atoms with van der Waals surface area (Å²) < 4.78 is 13.6. The van der Waals surface area contributed by atoms with Crippen LogP contribution in [0.25, 0.3) is 0 Å². The Balaban J connectivity index is 1.43. The Morgan fingerprint density at radius 2 is 2.13 bits per heavy atom.